The lowest BCUT2D eigenvalue weighted by molar-refractivity contribution is -0.116. The summed E-state index contributed by atoms with van der Waals surface area (Å²) in [5.41, 5.74) is 2.12. The van der Waals surface area contributed by atoms with E-state index in [2.05, 4.69) is 11.9 Å². The molecule has 0 atom stereocenters. The normalized spacial score (nSPS) is 12.7. The molecule has 1 aliphatic rings. The summed E-state index contributed by atoms with van der Waals surface area (Å²) >= 11 is 1.65. The molecule has 1 amide bonds. The maximum Gasteiger partial charge on any atom is 0.248 e. The van der Waals surface area contributed by atoms with Gasteiger partial charge in [0.15, 0.2) is 5.13 Å². The molecule has 24 heavy (non-hydrogen) atoms. The van der Waals surface area contributed by atoms with Crippen molar-refractivity contribution in [2.75, 3.05) is 23.3 Å². The Bertz CT molecular complexity index is 663. The van der Waals surface area contributed by atoms with Crippen molar-refractivity contribution in [3.05, 3.63) is 53.6 Å². The molecule has 0 saturated heterocycles. The van der Waals surface area contributed by atoms with Crippen molar-refractivity contribution in [1.82, 2.24) is 4.98 Å². The Hall–Kier alpha value is -1.85. The average Bonchev–Trinajstić information content (AvgIpc) is 3.02. The number of nitrogens with one attached hydrogen (secondary N) is 1. The number of fused-ring (bicyclic) bond motifs is 1. The molecular formula is C18H22ClN3OS. The van der Waals surface area contributed by atoms with E-state index in [1.54, 1.807) is 22.3 Å². The van der Waals surface area contributed by atoms with Gasteiger partial charge < -0.3 is 5.32 Å². The summed E-state index contributed by atoms with van der Waals surface area (Å²) < 4.78 is 0. The van der Waals surface area contributed by atoms with Crippen molar-refractivity contribution < 1.29 is 4.79 Å². The van der Waals surface area contributed by atoms with Crippen LogP contribution in [0.1, 0.15) is 23.4 Å². The van der Waals surface area contributed by atoms with Gasteiger partial charge >= 0.3 is 0 Å². The summed E-state index contributed by atoms with van der Waals surface area (Å²) in [4.78, 5) is 20.4. The van der Waals surface area contributed by atoms with Gasteiger partial charge in [0.1, 0.15) is 0 Å². The number of rotatable bonds is 6. The lowest BCUT2D eigenvalue weighted by Gasteiger charge is -2.18. The van der Waals surface area contributed by atoms with E-state index in [0.717, 1.165) is 23.7 Å². The van der Waals surface area contributed by atoms with Gasteiger partial charge in [0, 0.05) is 17.1 Å². The number of benzene rings is 1. The molecule has 0 spiro atoms. The SMILES string of the molecule is C=CCN(C(=O)CNc1ccccc1)c1nc2c(s1)CCCC2.Cl. The highest BCUT2D eigenvalue weighted by molar-refractivity contribution is 7.16. The van der Waals surface area contributed by atoms with Crippen molar-refractivity contribution in [3.8, 4) is 0 Å². The summed E-state index contributed by atoms with van der Waals surface area (Å²) in [7, 11) is 0. The lowest BCUT2D eigenvalue weighted by atomic mass is 10.0. The van der Waals surface area contributed by atoms with E-state index in [1.165, 1.54) is 23.4 Å². The molecule has 0 radical (unpaired) electrons. The maximum absolute atomic E-state index is 12.6. The molecule has 0 fully saturated rings. The van der Waals surface area contributed by atoms with Gasteiger partial charge in [-0.1, -0.05) is 24.3 Å². The number of amides is 1. The molecule has 1 aliphatic carbocycles. The Morgan fingerprint density at radius 1 is 1.29 bits per heavy atom. The summed E-state index contributed by atoms with van der Waals surface area (Å²) in [5.74, 6) is 0.0137. The van der Waals surface area contributed by atoms with Crippen LogP contribution in [-0.4, -0.2) is 24.0 Å². The molecule has 0 unspecified atom stereocenters. The Labute approximate surface area is 153 Å². The zero-order chi connectivity index (χ0) is 16.1. The van der Waals surface area contributed by atoms with Crippen LogP contribution in [0.3, 0.4) is 0 Å². The number of carbonyl (C=O) groups is 1. The first-order chi connectivity index (χ1) is 11.3. The first-order valence-electron chi connectivity index (χ1n) is 7.96. The highest BCUT2D eigenvalue weighted by Crippen LogP contribution is 2.31. The van der Waals surface area contributed by atoms with Gasteiger partial charge in [0.05, 0.1) is 12.2 Å². The molecule has 128 valence electrons. The minimum Gasteiger partial charge on any atom is -0.376 e. The van der Waals surface area contributed by atoms with Crippen molar-refractivity contribution in [2.45, 2.75) is 25.7 Å². The van der Waals surface area contributed by atoms with Gasteiger partial charge in [-0.2, -0.15) is 0 Å². The van der Waals surface area contributed by atoms with Gasteiger partial charge in [0.2, 0.25) is 5.91 Å². The maximum atomic E-state index is 12.6. The first-order valence-corrected chi connectivity index (χ1v) is 8.78. The molecule has 3 rings (SSSR count). The highest BCUT2D eigenvalue weighted by atomic mass is 35.5. The largest absolute Gasteiger partial charge is 0.376 e. The van der Waals surface area contributed by atoms with Crippen molar-refractivity contribution >= 4 is 40.5 Å². The summed E-state index contributed by atoms with van der Waals surface area (Å²) in [6.07, 6.45) is 6.29. The van der Waals surface area contributed by atoms with E-state index >= 15 is 0 Å². The number of para-hydroxylation sites is 1. The number of aryl methyl sites for hydroxylation is 2. The fourth-order valence-electron chi connectivity index (χ4n) is 2.70. The molecule has 1 N–H and O–H groups in total. The third-order valence-corrected chi connectivity index (χ3v) is 5.08. The van der Waals surface area contributed by atoms with Crippen LogP contribution < -0.4 is 10.2 Å². The van der Waals surface area contributed by atoms with Crippen LogP contribution in [0.5, 0.6) is 0 Å². The second-order valence-corrected chi connectivity index (χ2v) is 6.65. The fourth-order valence-corrected chi connectivity index (χ4v) is 3.87. The van der Waals surface area contributed by atoms with Crippen molar-refractivity contribution in [1.29, 1.82) is 0 Å². The Balaban J connectivity index is 0.00000208. The molecule has 0 bridgehead atoms. The molecule has 6 heteroatoms. The van der Waals surface area contributed by atoms with Crippen molar-refractivity contribution in [2.24, 2.45) is 0 Å². The van der Waals surface area contributed by atoms with E-state index in [9.17, 15) is 4.79 Å². The number of aromatic nitrogens is 1. The lowest BCUT2D eigenvalue weighted by Crippen LogP contribution is -2.35. The van der Waals surface area contributed by atoms with Gasteiger partial charge in [0.25, 0.3) is 0 Å². The molecule has 2 aromatic rings. The topological polar surface area (TPSA) is 45.2 Å². The summed E-state index contributed by atoms with van der Waals surface area (Å²) in [6.45, 7) is 4.51. The Morgan fingerprint density at radius 3 is 2.75 bits per heavy atom. The van der Waals surface area contributed by atoms with E-state index in [-0.39, 0.29) is 24.9 Å². The summed E-state index contributed by atoms with van der Waals surface area (Å²) in [6, 6.07) is 9.75. The quantitative estimate of drug-likeness (QED) is 0.787. The number of hydrogen-bond acceptors (Lipinski definition) is 4. The van der Waals surface area contributed by atoms with E-state index in [4.69, 9.17) is 4.98 Å². The van der Waals surface area contributed by atoms with Gasteiger partial charge in [-0.3, -0.25) is 9.69 Å². The smallest absolute Gasteiger partial charge is 0.248 e. The van der Waals surface area contributed by atoms with Crippen LogP contribution in [0, 0.1) is 0 Å². The second-order valence-electron chi connectivity index (χ2n) is 5.59. The Morgan fingerprint density at radius 2 is 2.04 bits per heavy atom. The molecule has 1 heterocycles. The highest BCUT2D eigenvalue weighted by Gasteiger charge is 2.22. The molecule has 0 saturated carbocycles. The van der Waals surface area contributed by atoms with Gasteiger partial charge in [-0.25, -0.2) is 4.98 Å². The van der Waals surface area contributed by atoms with Crippen LogP contribution in [-0.2, 0) is 17.6 Å². The zero-order valence-electron chi connectivity index (χ0n) is 13.5. The molecule has 4 nitrogen and oxygen atoms in total. The second kappa shape index (κ2) is 8.85. The number of halogens is 1. The van der Waals surface area contributed by atoms with Crippen LogP contribution >= 0.6 is 23.7 Å². The predicted octanol–water partition coefficient (Wildman–Crippen LogP) is 4.07. The van der Waals surface area contributed by atoms with Crippen LogP contribution in [0.2, 0.25) is 0 Å². The average molecular weight is 364 g/mol. The van der Waals surface area contributed by atoms with Crippen LogP contribution in [0.15, 0.2) is 43.0 Å². The van der Waals surface area contributed by atoms with Gasteiger partial charge in [-0.05, 0) is 37.8 Å². The monoisotopic (exact) mass is 363 g/mol. The Kier molecular flexibility index (Phi) is 6.82. The van der Waals surface area contributed by atoms with E-state index in [1.807, 2.05) is 30.3 Å². The number of hydrogen-bond donors (Lipinski definition) is 1. The minimum atomic E-state index is 0. The van der Waals surface area contributed by atoms with E-state index < -0.39 is 0 Å². The van der Waals surface area contributed by atoms with Crippen LogP contribution in [0.25, 0.3) is 0 Å². The number of thiazole rings is 1. The number of carbonyl (C=O) groups excluding carboxylic acids is 1. The molecule has 0 aliphatic heterocycles. The van der Waals surface area contributed by atoms with Crippen LogP contribution in [0.4, 0.5) is 10.8 Å². The minimum absolute atomic E-state index is 0. The molecule has 1 aromatic heterocycles. The molecular weight excluding hydrogens is 342 g/mol. The first kappa shape index (κ1) is 18.5. The third kappa shape index (κ3) is 4.36. The number of anilines is 2. The standard InChI is InChI=1S/C18H21N3OS.ClH/c1-2-12-21(17(22)13-19-14-8-4-3-5-9-14)18-20-15-10-6-7-11-16(15)23-18;/h2-5,8-9,19H,1,6-7,10-13H2;1H. The number of nitrogens with zero attached hydrogens (tertiary/aromatic N) is 2. The fraction of sp³-hybridized carbons (Fsp3) is 0.333. The van der Waals surface area contributed by atoms with Gasteiger partial charge in [-0.15, -0.1) is 30.3 Å². The predicted molar refractivity (Wildman–Crippen MR) is 103 cm³/mol. The van der Waals surface area contributed by atoms with E-state index in [0.29, 0.717) is 6.54 Å². The zero-order valence-corrected chi connectivity index (χ0v) is 15.2. The van der Waals surface area contributed by atoms with Crippen molar-refractivity contribution in [3.63, 3.8) is 0 Å². The molecule has 1 aromatic carbocycles. The summed E-state index contributed by atoms with van der Waals surface area (Å²) in [5, 5.41) is 3.97. The third-order valence-electron chi connectivity index (χ3n) is 3.90.